The normalized spacial score (nSPS) is 10.3. The summed E-state index contributed by atoms with van der Waals surface area (Å²) in [5, 5.41) is 4.17. The quantitative estimate of drug-likeness (QED) is 0.627. The highest BCUT2D eigenvalue weighted by atomic mass is 15.3. The third-order valence-corrected chi connectivity index (χ3v) is 1.73. The summed E-state index contributed by atoms with van der Waals surface area (Å²) in [6.07, 6.45) is 0.948. The minimum Gasteiger partial charge on any atom is -0.396 e. The van der Waals surface area contributed by atoms with E-state index in [1.54, 1.807) is 0 Å². The van der Waals surface area contributed by atoms with E-state index in [-0.39, 0.29) is 0 Å². The molecule has 3 heteroatoms. The molecule has 0 saturated carbocycles. The first kappa shape index (κ1) is 7.12. The van der Waals surface area contributed by atoms with E-state index in [2.05, 4.69) is 12.0 Å². The number of hydrogen-bond acceptors (Lipinski definition) is 2. The van der Waals surface area contributed by atoms with Crippen LogP contribution in [-0.4, -0.2) is 9.78 Å². The van der Waals surface area contributed by atoms with Crippen LogP contribution in [0.1, 0.15) is 18.3 Å². The zero-order valence-electron chi connectivity index (χ0n) is 6.68. The number of aryl methyl sites for hydroxylation is 2. The van der Waals surface area contributed by atoms with Gasteiger partial charge in [0.2, 0.25) is 0 Å². The van der Waals surface area contributed by atoms with Gasteiger partial charge in [-0.2, -0.15) is 5.10 Å². The fourth-order valence-electron chi connectivity index (χ4n) is 1.14. The first-order valence-electron chi connectivity index (χ1n) is 3.44. The Kier molecular flexibility index (Phi) is 1.66. The molecular weight excluding hydrogens is 126 g/mol. The van der Waals surface area contributed by atoms with Crippen molar-refractivity contribution in [1.29, 1.82) is 0 Å². The number of nitrogens with zero attached hydrogens (tertiary/aromatic N) is 2. The SMILES string of the molecule is CCc1c(N)c(C)nn1C. The number of hydrogen-bond donors (Lipinski definition) is 1. The molecule has 0 spiro atoms. The van der Waals surface area contributed by atoms with Gasteiger partial charge in [-0.05, 0) is 13.3 Å². The lowest BCUT2D eigenvalue weighted by Crippen LogP contribution is -1.98. The van der Waals surface area contributed by atoms with Crippen molar-refractivity contribution in [1.82, 2.24) is 9.78 Å². The number of aromatic nitrogens is 2. The number of rotatable bonds is 1. The molecule has 1 aromatic rings. The molecule has 0 aliphatic heterocycles. The Hall–Kier alpha value is -0.990. The molecule has 0 fully saturated rings. The Balaban J connectivity index is 3.20. The fourth-order valence-corrected chi connectivity index (χ4v) is 1.14. The maximum absolute atomic E-state index is 5.73. The van der Waals surface area contributed by atoms with Crippen LogP contribution < -0.4 is 5.73 Å². The second-order valence-electron chi connectivity index (χ2n) is 2.42. The first-order valence-corrected chi connectivity index (χ1v) is 3.44. The molecule has 0 aromatic carbocycles. The van der Waals surface area contributed by atoms with Gasteiger partial charge in [-0.3, -0.25) is 4.68 Å². The number of nitrogens with two attached hydrogens (primary N) is 1. The van der Waals surface area contributed by atoms with Crippen LogP contribution in [0.2, 0.25) is 0 Å². The molecule has 0 amide bonds. The summed E-state index contributed by atoms with van der Waals surface area (Å²) < 4.78 is 1.84. The lowest BCUT2D eigenvalue weighted by molar-refractivity contribution is 0.711. The minimum absolute atomic E-state index is 0.838. The van der Waals surface area contributed by atoms with E-state index in [1.165, 1.54) is 0 Å². The zero-order chi connectivity index (χ0) is 7.72. The van der Waals surface area contributed by atoms with Crippen molar-refractivity contribution >= 4 is 5.69 Å². The van der Waals surface area contributed by atoms with E-state index >= 15 is 0 Å². The highest BCUT2D eigenvalue weighted by Crippen LogP contribution is 2.14. The van der Waals surface area contributed by atoms with Gasteiger partial charge in [0.1, 0.15) is 0 Å². The van der Waals surface area contributed by atoms with Crippen molar-refractivity contribution in [3.63, 3.8) is 0 Å². The summed E-state index contributed by atoms with van der Waals surface area (Å²) in [5.41, 5.74) is 8.62. The standard InChI is InChI=1S/C7H13N3/c1-4-6-7(8)5(2)9-10(6)3/h4,8H2,1-3H3. The summed E-state index contributed by atoms with van der Waals surface area (Å²) in [5.74, 6) is 0. The van der Waals surface area contributed by atoms with Crippen molar-refractivity contribution in [3.8, 4) is 0 Å². The molecule has 1 heterocycles. The van der Waals surface area contributed by atoms with Crippen LogP contribution in [0.3, 0.4) is 0 Å². The molecule has 0 bridgehead atoms. The molecule has 0 atom stereocenters. The highest BCUT2D eigenvalue weighted by Gasteiger charge is 2.05. The molecule has 1 aromatic heterocycles. The van der Waals surface area contributed by atoms with Gasteiger partial charge < -0.3 is 5.73 Å². The minimum atomic E-state index is 0.838. The van der Waals surface area contributed by atoms with Crippen molar-refractivity contribution in [2.45, 2.75) is 20.3 Å². The van der Waals surface area contributed by atoms with Crippen LogP contribution in [0, 0.1) is 6.92 Å². The second kappa shape index (κ2) is 2.33. The fraction of sp³-hybridized carbons (Fsp3) is 0.571. The third-order valence-electron chi connectivity index (χ3n) is 1.73. The van der Waals surface area contributed by atoms with Gasteiger partial charge in [0, 0.05) is 7.05 Å². The van der Waals surface area contributed by atoms with E-state index in [9.17, 15) is 0 Å². The maximum atomic E-state index is 5.73. The summed E-state index contributed by atoms with van der Waals surface area (Å²) in [6.45, 7) is 4.00. The van der Waals surface area contributed by atoms with E-state index < -0.39 is 0 Å². The molecule has 2 N–H and O–H groups in total. The van der Waals surface area contributed by atoms with Crippen molar-refractivity contribution in [2.75, 3.05) is 5.73 Å². The second-order valence-corrected chi connectivity index (χ2v) is 2.42. The van der Waals surface area contributed by atoms with Crippen LogP contribution in [0.4, 0.5) is 5.69 Å². The van der Waals surface area contributed by atoms with Crippen LogP contribution in [0.15, 0.2) is 0 Å². The van der Waals surface area contributed by atoms with E-state index in [4.69, 9.17) is 5.73 Å². The smallest absolute Gasteiger partial charge is 0.0825 e. The average Bonchev–Trinajstić information content (AvgIpc) is 2.09. The van der Waals surface area contributed by atoms with Crippen molar-refractivity contribution in [2.24, 2.45) is 7.05 Å². The van der Waals surface area contributed by atoms with E-state index in [1.807, 2.05) is 18.7 Å². The molecule has 0 aliphatic rings. The van der Waals surface area contributed by atoms with Gasteiger partial charge in [-0.25, -0.2) is 0 Å². The summed E-state index contributed by atoms with van der Waals surface area (Å²) in [7, 11) is 1.92. The van der Waals surface area contributed by atoms with Crippen LogP contribution in [-0.2, 0) is 13.5 Å². The molecule has 56 valence electrons. The summed E-state index contributed by atoms with van der Waals surface area (Å²) in [4.78, 5) is 0. The Bertz CT molecular complexity index is 237. The van der Waals surface area contributed by atoms with E-state index in [0.717, 1.165) is 23.5 Å². The molecule has 0 aliphatic carbocycles. The first-order chi connectivity index (χ1) is 4.66. The Labute approximate surface area is 60.8 Å². The molecule has 3 nitrogen and oxygen atoms in total. The molecule has 0 radical (unpaired) electrons. The van der Waals surface area contributed by atoms with Crippen LogP contribution >= 0.6 is 0 Å². The summed E-state index contributed by atoms with van der Waals surface area (Å²) >= 11 is 0. The van der Waals surface area contributed by atoms with Gasteiger partial charge in [0.25, 0.3) is 0 Å². The van der Waals surface area contributed by atoms with Gasteiger partial charge in [-0.15, -0.1) is 0 Å². The molecule has 0 unspecified atom stereocenters. The molecule has 10 heavy (non-hydrogen) atoms. The number of anilines is 1. The Morgan fingerprint density at radius 1 is 1.60 bits per heavy atom. The van der Waals surface area contributed by atoms with Gasteiger partial charge >= 0.3 is 0 Å². The van der Waals surface area contributed by atoms with Crippen molar-refractivity contribution in [3.05, 3.63) is 11.4 Å². The topological polar surface area (TPSA) is 43.8 Å². The van der Waals surface area contributed by atoms with E-state index in [0.29, 0.717) is 0 Å². The van der Waals surface area contributed by atoms with Crippen LogP contribution in [0.5, 0.6) is 0 Å². The number of nitrogen functional groups attached to an aromatic ring is 1. The molecular formula is C7H13N3. The largest absolute Gasteiger partial charge is 0.396 e. The van der Waals surface area contributed by atoms with Crippen LogP contribution in [0.25, 0.3) is 0 Å². The maximum Gasteiger partial charge on any atom is 0.0825 e. The molecule has 1 rings (SSSR count). The monoisotopic (exact) mass is 139 g/mol. The van der Waals surface area contributed by atoms with Gasteiger partial charge in [-0.1, -0.05) is 6.92 Å². The van der Waals surface area contributed by atoms with Gasteiger partial charge in [0.15, 0.2) is 0 Å². The predicted molar refractivity (Wildman–Crippen MR) is 41.7 cm³/mol. The summed E-state index contributed by atoms with van der Waals surface area (Å²) in [6, 6.07) is 0. The molecule has 0 saturated heterocycles. The average molecular weight is 139 g/mol. The predicted octanol–water partition coefficient (Wildman–Crippen LogP) is 0.873. The Morgan fingerprint density at radius 3 is 2.40 bits per heavy atom. The lowest BCUT2D eigenvalue weighted by Gasteiger charge is -1.96. The third kappa shape index (κ3) is 0.875. The van der Waals surface area contributed by atoms with Crippen molar-refractivity contribution < 1.29 is 0 Å². The zero-order valence-corrected chi connectivity index (χ0v) is 6.68. The lowest BCUT2D eigenvalue weighted by atomic mass is 10.2. The Morgan fingerprint density at radius 2 is 2.20 bits per heavy atom. The van der Waals surface area contributed by atoms with Gasteiger partial charge in [0.05, 0.1) is 17.1 Å². The highest BCUT2D eigenvalue weighted by molar-refractivity contribution is 5.47.